The molecule has 0 aromatic heterocycles. The quantitative estimate of drug-likeness (QED) is 0.487. The van der Waals surface area contributed by atoms with Gasteiger partial charge < -0.3 is 10.8 Å². The third kappa shape index (κ3) is 8.03. The number of carboxylic acids is 1. The van der Waals surface area contributed by atoms with Crippen LogP contribution in [0.15, 0.2) is 53.1 Å². The molecule has 0 aliphatic rings. The van der Waals surface area contributed by atoms with Crippen LogP contribution in [0.4, 0.5) is 0 Å². The molecule has 0 spiro atoms. The topological polar surface area (TPSA) is 63.3 Å². The Labute approximate surface area is 162 Å². The van der Waals surface area contributed by atoms with E-state index in [0.717, 1.165) is 31.2 Å². The van der Waals surface area contributed by atoms with E-state index in [1.807, 2.05) is 6.08 Å². The Morgan fingerprint density at radius 1 is 1.12 bits per heavy atom. The van der Waals surface area contributed by atoms with Crippen molar-refractivity contribution in [1.82, 2.24) is 0 Å². The molecule has 1 rings (SSSR count). The summed E-state index contributed by atoms with van der Waals surface area (Å²) < 4.78 is 0. The van der Waals surface area contributed by atoms with Crippen molar-refractivity contribution in [2.75, 3.05) is 0 Å². The molecule has 0 aliphatic carbocycles. The minimum Gasteiger partial charge on any atom is -0.478 e. The third-order valence-corrected chi connectivity index (χ3v) is 4.52. The van der Waals surface area contributed by atoms with Crippen molar-refractivity contribution in [1.29, 1.82) is 0 Å². The highest BCUT2D eigenvalue weighted by Crippen LogP contribution is 2.23. The monoisotopic (exact) mass is 375 g/mol. The maximum Gasteiger partial charge on any atom is 0.337 e. The molecular formula is C22H30ClNO2. The molecule has 0 saturated heterocycles. The maximum absolute atomic E-state index is 11.2. The molecule has 1 atom stereocenters. The first kappa shape index (κ1) is 22.2. The molecule has 0 heterocycles. The Hall–Kier alpha value is -1.84. The first-order valence-corrected chi connectivity index (χ1v) is 9.33. The van der Waals surface area contributed by atoms with Crippen LogP contribution in [-0.4, -0.2) is 11.1 Å². The van der Waals surface area contributed by atoms with Crippen LogP contribution in [0.25, 0.3) is 0 Å². The van der Waals surface area contributed by atoms with E-state index in [2.05, 4.69) is 39.8 Å². The standard InChI is InChI=1S/C22H30ClNO2/c1-15(2)7-5-8-16(3)9-6-10-17(4)13-21(24)18-11-12-20(23)19(14-18)22(25)26/h7,9,11-14,21H,5-6,8,10,24H2,1-4H3,(H,25,26). The zero-order valence-corrected chi connectivity index (χ0v) is 16.9. The lowest BCUT2D eigenvalue weighted by molar-refractivity contribution is 0.0697. The number of halogens is 1. The molecule has 0 bridgehead atoms. The molecule has 142 valence electrons. The van der Waals surface area contributed by atoms with Crippen molar-refractivity contribution in [3.05, 3.63) is 69.3 Å². The summed E-state index contributed by atoms with van der Waals surface area (Å²) >= 11 is 5.91. The van der Waals surface area contributed by atoms with Gasteiger partial charge in [-0.1, -0.05) is 52.6 Å². The number of rotatable bonds is 9. The van der Waals surface area contributed by atoms with E-state index >= 15 is 0 Å². The Bertz CT molecular complexity index is 713. The van der Waals surface area contributed by atoms with Gasteiger partial charge >= 0.3 is 5.97 Å². The van der Waals surface area contributed by atoms with Gasteiger partial charge in [0, 0.05) is 6.04 Å². The number of allylic oxidation sites excluding steroid dienone is 5. The predicted molar refractivity (Wildman–Crippen MR) is 111 cm³/mol. The van der Waals surface area contributed by atoms with Gasteiger partial charge in [-0.05, 0) is 71.1 Å². The van der Waals surface area contributed by atoms with Crippen LogP contribution in [0.5, 0.6) is 0 Å². The Morgan fingerprint density at radius 3 is 2.35 bits per heavy atom. The SMILES string of the molecule is CC(C)=CCCC(C)=CCCC(C)=CC(N)c1ccc(Cl)c(C(=O)O)c1. The van der Waals surface area contributed by atoms with Gasteiger partial charge in [-0.25, -0.2) is 4.79 Å². The normalized spacial score (nSPS) is 13.5. The van der Waals surface area contributed by atoms with Crippen molar-refractivity contribution in [3.63, 3.8) is 0 Å². The number of aromatic carboxylic acids is 1. The summed E-state index contributed by atoms with van der Waals surface area (Å²) in [5.74, 6) is -1.04. The van der Waals surface area contributed by atoms with Crippen molar-refractivity contribution in [3.8, 4) is 0 Å². The number of hydrogen-bond acceptors (Lipinski definition) is 2. The predicted octanol–water partition coefficient (Wildman–Crippen LogP) is 6.46. The molecule has 4 heteroatoms. The summed E-state index contributed by atoms with van der Waals surface area (Å²) in [5.41, 5.74) is 11.0. The molecule has 0 aliphatic heterocycles. The van der Waals surface area contributed by atoms with Crippen LogP contribution in [-0.2, 0) is 0 Å². The van der Waals surface area contributed by atoms with Crippen LogP contribution in [0.3, 0.4) is 0 Å². The van der Waals surface area contributed by atoms with Gasteiger partial charge in [0.15, 0.2) is 0 Å². The maximum atomic E-state index is 11.2. The minimum absolute atomic E-state index is 0.0839. The number of nitrogens with two attached hydrogens (primary N) is 1. The van der Waals surface area contributed by atoms with Gasteiger partial charge in [0.05, 0.1) is 10.6 Å². The average molecular weight is 376 g/mol. The molecule has 1 unspecified atom stereocenters. The second-order valence-corrected chi connectivity index (χ2v) is 7.40. The molecule has 1 aromatic carbocycles. The zero-order valence-electron chi connectivity index (χ0n) is 16.2. The largest absolute Gasteiger partial charge is 0.478 e. The third-order valence-electron chi connectivity index (χ3n) is 4.19. The van der Waals surface area contributed by atoms with Crippen LogP contribution in [0.2, 0.25) is 5.02 Å². The van der Waals surface area contributed by atoms with Crippen molar-refractivity contribution in [2.24, 2.45) is 5.73 Å². The highest BCUT2D eigenvalue weighted by molar-refractivity contribution is 6.33. The fraction of sp³-hybridized carbons (Fsp3) is 0.409. The molecule has 0 fully saturated rings. The lowest BCUT2D eigenvalue weighted by Crippen LogP contribution is -2.09. The van der Waals surface area contributed by atoms with Crippen LogP contribution in [0, 0.1) is 0 Å². The Balaban J connectivity index is 2.63. The summed E-state index contributed by atoms with van der Waals surface area (Å²) in [7, 11) is 0. The van der Waals surface area contributed by atoms with Crippen LogP contribution >= 0.6 is 11.6 Å². The van der Waals surface area contributed by atoms with Crippen LogP contribution in [0.1, 0.15) is 75.3 Å². The molecule has 0 amide bonds. The highest BCUT2D eigenvalue weighted by Gasteiger charge is 2.12. The van der Waals surface area contributed by atoms with Crippen molar-refractivity contribution in [2.45, 2.75) is 59.4 Å². The fourth-order valence-electron chi connectivity index (χ4n) is 2.64. The molecular weight excluding hydrogens is 346 g/mol. The molecule has 0 saturated carbocycles. The lowest BCUT2D eigenvalue weighted by atomic mass is 10.0. The van der Waals surface area contributed by atoms with E-state index in [0.29, 0.717) is 0 Å². The van der Waals surface area contributed by atoms with E-state index in [4.69, 9.17) is 22.4 Å². The Kier molecular flexibility index (Phi) is 9.39. The second kappa shape index (κ2) is 11.0. The number of carbonyl (C=O) groups is 1. The van der Waals surface area contributed by atoms with E-state index in [1.54, 1.807) is 18.2 Å². The molecule has 3 nitrogen and oxygen atoms in total. The number of carboxylic acid groups (broad SMARTS) is 1. The molecule has 26 heavy (non-hydrogen) atoms. The molecule has 3 N–H and O–H groups in total. The van der Waals surface area contributed by atoms with Crippen LogP contribution < -0.4 is 5.73 Å². The Morgan fingerprint density at radius 2 is 1.73 bits per heavy atom. The zero-order chi connectivity index (χ0) is 19.7. The first-order valence-electron chi connectivity index (χ1n) is 8.95. The van der Waals surface area contributed by atoms with E-state index < -0.39 is 5.97 Å². The van der Waals surface area contributed by atoms with Gasteiger partial charge in [0.2, 0.25) is 0 Å². The number of benzene rings is 1. The smallest absolute Gasteiger partial charge is 0.337 e. The van der Waals surface area contributed by atoms with Gasteiger partial charge in [-0.15, -0.1) is 0 Å². The van der Waals surface area contributed by atoms with Gasteiger partial charge in [-0.2, -0.15) is 0 Å². The van der Waals surface area contributed by atoms with Gasteiger partial charge in [-0.3, -0.25) is 0 Å². The minimum atomic E-state index is -1.04. The molecule has 0 radical (unpaired) electrons. The second-order valence-electron chi connectivity index (χ2n) is 6.99. The van der Waals surface area contributed by atoms with E-state index in [9.17, 15) is 4.79 Å². The van der Waals surface area contributed by atoms with E-state index in [1.165, 1.54) is 16.7 Å². The number of hydrogen-bond donors (Lipinski definition) is 2. The van der Waals surface area contributed by atoms with Crippen molar-refractivity contribution >= 4 is 17.6 Å². The summed E-state index contributed by atoms with van der Waals surface area (Å²) in [5, 5.41) is 9.39. The van der Waals surface area contributed by atoms with Crippen molar-refractivity contribution < 1.29 is 9.90 Å². The summed E-state index contributed by atoms with van der Waals surface area (Å²) in [4.78, 5) is 11.2. The lowest BCUT2D eigenvalue weighted by Gasteiger charge is -2.11. The highest BCUT2D eigenvalue weighted by atomic mass is 35.5. The van der Waals surface area contributed by atoms with E-state index in [-0.39, 0.29) is 16.6 Å². The van der Waals surface area contributed by atoms with Gasteiger partial charge in [0.1, 0.15) is 0 Å². The summed E-state index contributed by atoms with van der Waals surface area (Å²) in [6.07, 6.45) is 10.6. The summed E-state index contributed by atoms with van der Waals surface area (Å²) in [6, 6.07) is 4.57. The fourth-order valence-corrected chi connectivity index (χ4v) is 2.84. The summed E-state index contributed by atoms with van der Waals surface area (Å²) in [6.45, 7) is 8.47. The average Bonchev–Trinajstić information content (AvgIpc) is 2.54. The molecule has 1 aromatic rings. The first-order chi connectivity index (χ1) is 12.2. The van der Waals surface area contributed by atoms with Gasteiger partial charge in [0.25, 0.3) is 0 Å².